The predicted octanol–water partition coefficient (Wildman–Crippen LogP) is 18.3. The molecule has 0 bridgehead atoms. The second-order valence-corrected chi connectivity index (χ2v) is 17.3. The zero-order chi connectivity index (χ0) is 45.2. The highest BCUT2D eigenvalue weighted by Gasteiger charge is 2.22. The van der Waals surface area contributed by atoms with Crippen LogP contribution in [0, 0.1) is 0 Å². The molecule has 0 radical (unpaired) electrons. The Labute approximate surface area is 397 Å². The molecule has 68 heavy (non-hydrogen) atoms. The molecule has 2 heteroatoms. The molecule has 0 N–H and O–H groups in total. The van der Waals surface area contributed by atoms with E-state index in [1.54, 1.807) is 0 Å². The van der Waals surface area contributed by atoms with Gasteiger partial charge in [-0.2, -0.15) is 0 Å². The van der Waals surface area contributed by atoms with Gasteiger partial charge in [-0.25, -0.2) is 0 Å². The van der Waals surface area contributed by atoms with E-state index in [1.807, 2.05) is 0 Å². The lowest BCUT2D eigenvalue weighted by atomic mass is 9.88. The van der Waals surface area contributed by atoms with Gasteiger partial charge in [0.1, 0.15) is 0 Å². The maximum absolute atomic E-state index is 2.45. The minimum Gasteiger partial charge on any atom is -0.310 e. The molecule has 0 fully saturated rings. The van der Waals surface area contributed by atoms with Crippen molar-refractivity contribution in [2.45, 2.75) is 0 Å². The smallest absolute Gasteiger partial charge is 0.0541 e. The van der Waals surface area contributed by atoms with Gasteiger partial charge in [0.2, 0.25) is 0 Å². The average Bonchev–Trinajstić information content (AvgIpc) is 3.76. The summed E-state index contributed by atoms with van der Waals surface area (Å²) >= 11 is 0. The fourth-order valence-corrected chi connectivity index (χ4v) is 10.0. The number of aromatic nitrogens is 1. The predicted molar refractivity (Wildman–Crippen MR) is 288 cm³/mol. The Morgan fingerprint density at radius 3 is 1.16 bits per heavy atom. The van der Waals surface area contributed by atoms with Crippen molar-refractivity contribution in [2.75, 3.05) is 4.90 Å². The van der Waals surface area contributed by atoms with E-state index in [0.717, 1.165) is 50.6 Å². The third-order valence-corrected chi connectivity index (χ3v) is 13.2. The number of benzene rings is 11. The second-order valence-electron chi connectivity index (χ2n) is 17.3. The van der Waals surface area contributed by atoms with E-state index in [-0.39, 0.29) is 0 Å². The molecule has 0 amide bonds. The van der Waals surface area contributed by atoms with Crippen molar-refractivity contribution in [1.82, 2.24) is 4.57 Å². The molecule has 0 unspecified atom stereocenters. The van der Waals surface area contributed by atoms with E-state index >= 15 is 0 Å². The monoisotopic (exact) mass is 866 g/mol. The summed E-state index contributed by atoms with van der Waals surface area (Å²) in [6.45, 7) is 0. The minimum absolute atomic E-state index is 1.06. The van der Waals surface area contributed by atoms with Crippen molar-refractivity contribution in [1.29, 1.82) is 0 Å². The average molecular weight is 867 g/mol. The van der Waals surface area contributed by atoms with E-state index in [0.29, 0.717) is 0 Å². The molecule has 1 aromatic heterocycles. The molecule has 0 saturated carbocycles. The Kier molecular flexibility index (Phi) is 10.6. The highest BCUT2D eigenvalue weighted by molar-refractivity contribution is 6.09. The fraction of sp³-hybridized carbons (Fsp3) is 0. The van der Waals surface area contributed by atoms with Gasteiger partial charge in [-0.15, -0.1) is 0 Å². The zero-order valence-corrected chi connectivity index (χ0v) is 37.5. The lowest BCUT2D eigenvalue weighted by molar-refractivity contribution is 1.18. The van der Waals surface area contributed by atoms with Gasteiger partial charge >= 0.3 is 0 Å². The molecule has 2 nitrogen and oxygen atoms in total. The van der Waals surface area contributed by atoms with Crippen LogP contribution in [0.2, 0.25) is 0 Å². The van der Waals surface area contributed by atoms with Crippen molar-refractivity contribution in [3.8, 4) is 72.4 Å². The molecule has 11 aromatic carbocycles. The third-order valence-electron chi connectivity index (χ3n) is 13.2. The summed E-state index contributed by atoms with van der Waals surface area (Å²) in [6.07, 6.45) is 0. The van der Waals surface area contributed by atoms with Gasteiger partial charge in [-0.3, -0.25) is 0 Å². The topological polar surface area (TPSA) is 8.17 Å². The highest BCUT2D eigenvalue weighted by atomic mass is 15.1. The summed E-state index contributed by atoms with van der Waals surface area (Å²) in [5.74, 6) is 0. The third kappa shape index (κ3) is 7.54. The lowest BCUT2D eigenvalue weighted by Crippen LogP contribution is -2.12. The van der Waals surface area contributed by atoms with Crippen LogP contribution in [0.15, 0.2) is 279 Å². The Morgan fingerprint density at radius 1 is 0.235 bits per heavy atom. The molecule has 0 spiro atoms. The molecule has 12 aromatic rings. The molecule has 0 aliphatic carbocycles. The Morgan fingerprint density at radius 2 is 0.618 bits per heavy atom. The van der Waals surface area contributed by atoms with E-state index < -0.39 is 0 Å². The zero-order valence-electron chi connectivity index (χ0n) is 37.5. The van der Waals surface area contributed by atoms with Gasteiger partial charge in [0.05, 0.1) is 16.7 Å². The molecule has 0 aliphatic heterocycles. The van der Waals surface area contributed by atoms with Gasteiger partial charge in [0, 0.05) is 33.4 Å². The number of anilines is 3. The highest BCUT2D eigenvalue weighted by Crippen LogP contribution is 2.47. The first-order valence-electron chi connectivity index (χ1n) is 23.3. The number of rotatable bonds is 10. The Balaban J connectivity index is 1.01. The molecule has 12 rings (SSSR count). The number of para-hydroxylation sites is 3. The standard InChI is InChI=1S/C66H46N2/c1-4-20-47(21-5-1)52-44-53(48-22-6-2-7-23-48)46-56(45-52)67(64-33-17-14-30-61(64)60-29-13-12-28-59(60)58-27-11-10-26-57(58)51-24-8-3-9-25-51)54-40-36-49(37-41-54)50-38-42-55(43-39-50)68-65-34-18-15-31-62(65)63-32-16-19-35-66(63)68/h1-46H. The summed E-state index contributed by atoms with van der Waals surface area (Å²) in [5.41, 5.74) is 20.8. The van der Waals surface area contributed by atoms with Crippen LogP contribution >= 0.6 is 0 Å². The first-order chi connectivity index (χ1) is 33.7. The molecular weight excluding hydrogens is 821 g/mol. The van der Waals surface area contributed by atoms with Crippen LogP contribution in [0.25, 0.3) is 94.3 Å². The normalized spacial score (nSPS) is 11.2. The number of fused-ring (bicyclic) bond motifs is 3. The summed E-state index contributed by atoms with van der Waals surface area (Å²) in [5, 5.41) is 2.53. The maximum Gasteiger partial charge on any atom is 0.0541 e. The fourth-order valence-electron chi connectivity index (χ4n) is 10.0. The van der Waals surface area contributed by atoms with Gasteiger partial charge in [-0.05, 0) is 122 Å². The minimum atomic E-state index is 1.06. The molecule has 0 atom stereocenters. The molecule has 0 saturated heterocycles. The first kappa shape index (κ1) is 40.5. The van der Waals surface area contributed by atoms with Crippen LogP contribution in [0.4, 0.5) is 17.1 Å². The van der Waals surface area contributed by atoms with Crippen LogP contribution in [-0.4, -0.2) is 4.57 Å². The van der Waals surface area contributed by atoms with Crippen molar-refractivity contribution < 1.29 is 0 Å². The van der Waals surface area contributed by atoms with Crippen LogP contribution in [-0.2, 0) is 0 Å². The maximum atomic E-state index is 2.45. The second kappa shape index (κ2) is 17.8. The van der Waals surface area contributed by atoms with Crippen molar-refractivity contribution in [3.63, 3.8) is 0 Å². The number of nitrogens with zero attached hydrogens (tertiary/aromatic N) is 2. The molecule has 320 valence electrons. The molecule has 0 aliphatic rings. The largest absolute Gasteiger partial charge is 0.310 e. The molecular formula is C66H46N2. The molecule has 1 heterocycles. The summed E-state index contributed by atoms with van der Waals surface area (Å²) in [7, 11) is 0. The Bertz CT molecular complexity index is 3590. The van der Waals surface area contributed by atoms with E-state index in [9.17, 15) is 0 Å². The summed E-state index contributed by atoms with van der Waals surface area (Å²) < 4.78 is 2.37. The van der Waals surface area contributed by atoms with Crippen LogP contribution < -0.4 is 4.90 Å². The van der Waals surface area contributed by atoms with Gasteiger partial charge in [-0.1, -0.05) is 218 Å². The van der Waals surface area contributed by atoms with Gasteiger partial charge in [0.25, 0.3) is 0 Å². The number of hydrogen-bond acceptors (Lipinski definition) is 1. The van der Waals surface area contributed by atoms with Crippen LogP contribution in [0.1, 0.15) is 0 Å². The Hall–Kier alpha value is -8.98. The van der Waals surface area contributed by atoms with Crippen molar-refractivity contribution >= 4 is 38.9 Å². The quantitative estimate of drug-likeness (QED) is 0.133. The summed E-state index contributed by atoms with van der Waals surface area (Å²) in [4.78, 5) is 2.45. The van der Waals surface area contributed by atoms with E-state index in [2.05, 4.69) is 289 Å². The lowest BCUT2D eigenvalue weighted by Gasteiger charge is -2.29. The van der Waals surface area contributed by atoms with Crippen molar-refractivity contribution in [3.05, 3.63) is 279 Å². The van der Waals surface area contributed by atoms with E-state index in [4.69, 9.17) is 0 Å². The summed E-state index contributed by atoms with van der Waals surface area (Å²) in [6, 6.07) is 101. The SMILES string of the molecule is c1ccc(-c2cc(-c3ccccc3)cc(N(c3ccc(-c4ccc(-n5c6ccccc6c6ccccc65)cc4)cc3)c3ccccc3-c3ccccc3-c3ccccc3-c3ccccc3)c2)cc1. The number of hydrogen-bond donors (Lipinski definition) is 0. The van der Waals surface area contributed by atoms with Crippen LogP contribution in [0.3, 0.4) is 0 Å². The van der Waals surface area contributed by atoms with Crippen molar-refractivity contribution in [2.24, 2.45) is 0 Å². The van der Waals surface area contributed by atoms with Crippen LogP contribution in [0.5, 0.6) is 0 Å². The first-order valence-corrected chi connectivity index (χ1v) is 23.3. The van der Waals surface area contributed by atoms with E-state index in [1.165, 1.54) is 60.8 Å². The van der Waals surface area contributed by atoms with Gasteiger partial charge in [0.15, 0.2) is 0 Å². The van der Waals surface area contributed by atoms with Gasteiger partial charge < -0.3 is 9.47 Å².